The zero-order valence-corrected chi connectivity index (χ0v) is 18.0. The lowest BCUT2D eigenvalue weighted by atomic mass is 9.84. The Hall–Kier alpha value is 1.16. The molecule has 0 bridgehead atoms. The van der Waals surface area contributed by atoms with Crippen LogP contribution in [-0.2, 0) is 0 Å². The van der Waals surface area contributed by atoms with Gasteiger partial charge in [0.1, 0.15) is 8.67 Å². The summed E-state index contributed by atoms with van der Waals surface area (Å²) in [7, 11) is 0. The van der Waals surface area contributed by atoms with E-state index in [2.05, 4.69) is 0 Å². The van der Waals surface area contributed by atoms with Crippen LogP contribution in [0.1, 0.15) is 103 Å². The highest BCUT2D eigenvalue weighted by Gasteiger charge is 2.37. The van der Waals surface area contributed by atoms with Crippen LogP contribution in [0.25, 0.3) is 0 Å². The van der Waals surface area contributed by atoms with Gasteiger partial charge in [-0.15, -0.1) is 46.4 Å². The van der Waals surface area contributed by atoms with Crippen LogP contribution in [0.3, 0.4) is 0 Å². The highest BCUT2D eigenvalue weighted by molar-refractivity contribution is 6.49. The average Bonchev–Trinajstić information content (AvgIpc) is 2.52. The first kappa shape index (κ1) is 21.5. The molecule has 2 unspecified atom stereocenters. The van der Waals surface area contributed by atoms with Crippen molar-refractivity contribution in [3.63, 3.8) is 0 Å². The Bertz CT molecular complexity index is 320. The quantitative estimate of drug-likeness (QED) is 0.260. The second-order valence-electron chi connectivity index (χ2n) is 8.11. The monoisotopic (exact) mass is 414 g/mol. The molecular formula is C20H34Cl4. The normalized spacial score (nSPS) is 29.5. The van der Waals surface area contributed by atoms with E-state index in [1.54, 1.807) is 0 Å². The lowest BCUT2D eigenvalue weighted by Gasteiger charge is -2.34. The summed E-state index contributed by atoms with van der Waals surface area (Å²) in [6, 6.07) is 0. The van der Waals surface area contributed by atoms with Crippen LogP contribution in [0.5, 0.6) is 0 Å². The molecule has 2 rings (SSSR count). The van der Waals surface area contributed by atoms with E-state index >= 15 is 0 Å². The smallest absolute Gasteiger partial charge is 0.101 e. The summed E-state index contributed by atoms with van der Waals surface area (Å²) in [5, 5.41) is 0. The fourth-order valence-electron chi connectivity index (χ4n) is 4.53. The first-order valence-electron chi connectivity index (χ1n) is 10.2. The van der Waals surface area contributed by atoms with E-state index in [0.29, 0.717) is 11.8 Å². The highest BCUT2D eigenvalue weighted by atomic mass is 35.5. The first-order chi connectivity index (χ1) is 11.4. The van der Waals surface area contributed by atoms with Gasteiger partial charge in [0, 0.05) is 0 Å². The topological polar surface area (TPSA) is 0 Å². The minimum Gasteiger partial charge on any atom is -0.101 e. The van der Waals surface area contributed by atoms with E-state index < -0.39 is 8.67 Å². The maximum Gasteiger partial charge on any atom is 0.121 e. The van der Waals surface area contributed by atoms with E-state index in [1.807, 2.05) is 0 Å². The maximum atomic E-state index is 6.46. The molecule has 0 radical (unpaired) electrons. The molecule has 0 amide bonds. The van der Waals surface area contributed by atoms with Crippen LogP contribution < -0.4 is 0 Å². The van der Waals surface area contributed by atoms with Gasteiger partial charge >= 0.3 is 0 Å². The summed E-state index contributed by atoms with van der Waals surface area (Å²) < 4.78 is -0.901. The number of hydrogen-bond donors (Lipinski definition) is 0. The molecule has 2 aliphatic rings. The number of halogens is 4. The zero-order valence-electron chi connectivity index (χ0n) is 15.0. The fourth-order valence-corrected chi connectivity index (χ4v) is 5.94. The van der Waals surface area contributed by atoms with Crippen molar-refractivity contribution in [3.8, 4) is 0 Å². The standard InChI is InChI=1S/C20H34Cl4/c21-19(22)15-9-7-13-17(19)11-5-3-1-2-4-6-12-18-14-8-10-16-20(18,23)24/h17-18H,1-16H2. The summed E-state index contributed by atoms with van der Waals surface area (Å²) in [5.74, 6) is 1.03. The molecule has 0 aliphatic heterocycles. The Morgan fingerprint density at radius 2 is 0.917 bits per heavy atom. The number of alkyl halides is 4. The van der Waals surface area contributed by atoms with E-state index in [1.165, 1.54) is 89.9 Å². The van der Waals surface area contributed by atoms with Crippen LogP contribution in [0.15, 0.2) is 0 Å². The molecule has 0 aromatic carbocycles. The van der Waals surface area contributed by atoms with E-state index in [0.717, 1.165) is 12.8 Å². The molecule has 24 heavy (non-hydrogen) atoms. The Balaban J connectivity index is 1.47. The molecule has 0 nitrogen and oxygen atoms in total. The highest BCUT2D eigenvalue weighted by Crippen LogP contribution is 2.45. The van der Waals surface area contributed by atoms with Crippen molar-refractivity contribution < 1.29 is 0 Å². The van der Waals surface area contributed by atoms with Gasteiger partial charge in [0.25, 0.3) is 0 Å². The number of hydrogen-bond acceptors (Lipinski definition) is 0. The molecule has 2 saturated carbocycles. The molecule has 0 heterocycles. The van der Waals surface area contributed by atoms with Gasteiger partial charge < -0.3 is 0 Å². The van der Waals surface area contributed by atoms with Crippen molar-refractivity contribution >= 4 is 46.4 Å². The van der Waals surface area contributed by atoms with Gasteiger partial charge in [0.2, 0.25) is 0 Å². The maximum absolute atomic E-state index is 6.46. The van der Waals surface area contributed by atoms with Crippen LogP contribution >= 0.6 is 46.4 Å². The van der Waals surface area contributed by atoms with E-state index in [9.17, 15) is 0 Å². The minimum atomic E-state index is -0.451. The molecule has 2 fully saturated rings. The third kappa shape index (κ3) is 7.05. The van der Waals surface area contributed by atoms with E-state index in [-0.39, 0.29) is 0 Å². The summed E-state index contributed by atoms with van der Waals surface area (Å²) in [6.45, 7) is 0. The molecule has 2 atom stereocenters. The van der Waals surface area contributed by atoms with Gasteiger partial charge in [0.05, 0.1) is 0 Å². The third-order valence-corrected chi connectivity index (χ3v) is 8.17. The molecule has 2 aliphatic carbocycles. The van der Waals surface area contributed by atoms with Crippen molar-refractivity contribution in [3.05, 3.63) is 0 Å². The molecule has 4 heteroatoms. The number of unbranched alkanes of at least 4 members (excludes halogenated alkanes) is 5. The summed E-state index contributed by atoms with van der Waals surface area (Å²) in [6.07, 6.45) is 19.6. The Morgan fingerprint density at radius 3 is 1.29 bits per heavy atom. The van der Waals surface area contributed by atoms with Crippen molar-refractivity contribution in [2.24, 2.45) is 11.8 Å². The molecule has 0 aromatic heterocycles. The van der Waals surface area contributed by atoms with Crippen molar-refractivity contribution in [2.75, 3.05) is 0 Å². The molecule has 0 spiro atoms. The van der Waals surface area contributed by atoms with Crippen molar-refractivity contribution in [1.29, 1.82) is 0 Å². The van der Waals surface area contributed by atoms with Crippen molar-refractivity contribution in [2.45, 2.75) is 111 Å². The van der Waals surface area contributed by atoms with E-state index in [4.69, 9.17) is 46.4 Å². The predicted octanol–water partition coefficient (Wildman–Crippen LogP) is 8.84. The van der Waals surface area contributed by atoms with Crippen LogP contribution in [0.2, 0.25) is 0 Å². The second kappa shape index (κ2) is 10.5. The zero-order chi connectivity index (χ0) is 17.5. The number of rotatable bonds is 9. The van der Waals surface area contributed by atoms with Gasteiger partial charge in [0.15, 0.2) is 0 Å². The van der Waals surface area contributed by atoms with Gasteiger partial charge in [-0.05, 0) is 50.4 Å². The Kier molecular flexibility index (Phi) is 9.37. The second-order valence-corrected chi connectivity index (χ2v) is 11.2. The van der Waals surface area contributed by atoms with Gasteiger partial charge in [-0.25, -0.2) is 0 Å². The molecule has 0 N–H and O–H groups in total. The average molecular weight is 416 g/mol. The summed E-state index contributed by atoms with van der Waals surface area (Å²) >= 11 is 25.8. The SMILES string of the molecule is ClC1(Cl)CCCCC1CCCCCCCCC1CCCCC1(Cl)Cl. The first-order valence-corrected chi connectivity index (χ1v) is 11.7. The largest absolute Gasteiger partial charge is 0.121 e. The van der Waals surface area contributed by atoms with Crippen LogP contribution in [0.4, 0.5) is 0 Å². The molecule has 0 aromatic rings. The lowest BCUT2D eigenvalue weighted by molar-refractivity contribution is 0.304. The summed E-state index contributed by atoms with van der Waals surface area (Å²) in [5.41, 5.74) is 0. The van der Waals surface area contributed by atoms with Gasteiger partial charge in [-0.1, -0.05) is 64.2 Å². The molecule has 142 valence electrons. The Labute approximate surface area is 169 Å². The minimum absolute atomic E-state index is 0.451. The lowest BCUT2D eigenvalue weighted by Crippen LogP contribution is -2.29. The third-order valence-electron chi connectivity index (χ3n) is 6.18. The van der Waals surface area contributed by atoms with Gasteiger partial charge in [-0.2, -0.15) is 0 Å². The molecule has 0 saturated heterocycles. The molecular weight excluding hydrogens is 382 g/mol. The Morgan fingerprint density at radius 1 is 0.542 bits per heavy atom. The summed E-state index contributed by atoms with van der Waals surface area (Å²) in [4.78, 5) is 0. The van der Waals surface area contributed by atoms with Gasteiger partial charge in [-0.3, -0.25) is 0 Å². The van der Waals surface area contributed by atoms with Crippen molar-refractivity contribution in [1.82, 2.24) is 0 Å². The predicted molar refractivity (Wildman–Crippen MR) is 110 cm³/mol. The van der Waals surface area contributed by atoms with Crippen LogP contribution in [0, 0.1) is 11.8 Å². The fraction of sp³-hybridized carbons (Fsp3) is 1.00. The van der Waals surface area contributed by atoms with Crippen LogP contribution in [-0.4, -0.2) is 8.67 Å².